The molecule has 0 radical (unpaired) electrons. The molecule has 2 aromatic carbocycles. The van der Waals surface area contributed by atoms with Crippen LogP contribution in [0.2, 0.25) is 0 Å². The van der Waals surface area contributed by atoms with Gasteiger partial charge in [-0.15, -0.1) is 0 Å². The number of hydrogen-bond donors (Lipinski definition) is 2. The third-order valence-corrected chi connectivity index (χ3v) is 5.08. The number of anilines is 1. The van der Waals surface area contributed by atoms with E-state index in [1.54, 1.807) is 31.2 Å². The summed E-state index contributed by atoms with van der Waals surface area (Å²) in [7, 11) is 0. The SMILES string of the molecule is CC(Oc1cccc(C#N)c1)C(=O)NCc1cccc(NC(=O)CCN2CCOCC2)c1. The second-order valence-electron chi connectivity index (χ2n) is 7.57. The third kappa shape index (κ3) is 7.38. The quantitative estimate of drug-likeness (QED) is 0.625. The molecule has 3 rings (SSSR count). The van der Waals surface area contributed by atoms with E-state index in [0.29, 0.717) is 49.7 Å². The number of carbonyl (C=O) groups excluding carboxylic acids is 2. The lowest BCUT2D eigenvalue weighted by molar-refractivity contribution is -0.127. The van der Waals surface area contributed by atoms with Gasteiger partial charge >= 0.3 is 0 Å². The summed E-state index contributed by atoms with van der Waals surface area (Å²) < 4.78 is 10.9. The highest BCUT2D eigenvalue weighted by Gasteiger charge is 2.15. The average molecular weight is 437 g/mol. The van der Waals surface area contributed by atoms with Gasteiger partial charge in [0.2, 0.25) is 5.91 Å². The molecule has 0 saturated carbocycles. The zero-order valence-corrected chi connectivity index (χ0v) is 18.2. The molecule has 1 aliphatic rings. The number of nitrogens with zero attached hydrogens (tertiary/aromatic N) is 2. The number of morpholine rings is 1. The summed E-state index contributed by atoms with van der Waals surface area (Å²) in [4.78, 5) is 26.9. The van der Waals surface area contributed by atoms with E-state index in [-0.39, 0.29) is 11.8 Å². The molecule has 1 heterocycles. The summed E-state index contributed by atoms with van der Waals surface area (Å²) in [5.41, 5.74) is 2.03. The van der Waals surface area contributed by atoms with E-state index in [2.05, 4.69) is 15.5 Å². The largest absolute Gasteiger partial charge is 0.481 e. The molecule has 0 bridgehead atoms. The standard InChI is InChI=1S/C24H28N4O4/c1-18(32-22-7-3-4-19(15-22)16-25)24(30)26-17-20-5-2-6-21(14-20)27-23(29)8-9-28-10-12-31-13-11-28/h2-7,14-15,18H,8-13,17H2,1H3,(H,26,30)(H,27,29). The smallest absolute Gasteiger partial charge is 0.261 e. The van der Waals surface area contributed by atoms with Crippen molar-refractivity contribution in [2.24, 2.45) is 0 Å². The minimum atomic E-state index is -0.716. The second kappa shape index (κ2) is 11.8. The summed E-state index contributed by atoms with van der Waals surface area (Å²) in [6.45, 7) is 5.81. The van der Waals surface area contributed by atoms with E-state index in [0.717, 1.165) is 18.7 Å². The van der Waals surface area contributed by atoms with Crippen LogP contribution in [-0.4, -0.2) is 55.7 Å². The van der Waals surface area contributed by atoms with Crippen LogP contribution in [-0.2, 0) is 20.9 Å². The lowest BCUT2D eigenvalue weighted by atomic mass is 10.2. The number of hydrogen-bond acceptors (Lipinski definition) is 6. The fourth-order valence-corrected chi connectivity index (χ4v) is 3.30. The number of nitrogens with one attached hydrogen (secondary N) is 2. The van der Waals surface area contributed by atoms with Crippen molar-refractivity contribution in [3.8, 4) is 11.8 Å². The van der Waals surface area contributed by atoms with Crippen molar-refractivity contribution in [2.75, 3.05) is 38.2 Å². The van der Waals surface area contributed by atoms with Crippen molar-refractivity contribution < 1.29 is 19.1 Å². The highest BCUT2D eigenvalue weighted by molar-refractivity contribution is 5.90. The minimum absolute atomic E-state index is 0.0423. The summed E-state index contributed by atoms with van der Waals surface area (Å²) in [5.74, 6) is 0.153. The Balaban J connectivity index is 1.44. The Morgan fingerprint density at radius 2 is 1.97 bits per heavy atom. The van der Waals surface area contributed by atoms with Gasteiger partial charge in [-0.2, -0.15) is 5.26 Å². The van der Waals surface area contributed by atoms with Crippen LogP contribution >= 0.6 is 0 Å². The zero-order chi connectivity index (χ0) is 22.8. The number of nitriles is 1. The maximum absolute atomic E-state index is 12.4. The molecule has 1 fully saturated rings. The molecule has 8 nitrogen and oxygen atoms in total. The van der Waals surface area contributed by atoms with E-state index in [1.807, 2.05) is 30.3 Å². The normalized spacial score (nSPS) is 14.8. The van der Waals surface area contributed by atoms with Crippen LogP contribution in [0.1, 0.15) is 24.5 Å². The van der Waals surface area contributed by atoms with Crippen molar-refractivity contribution in [1.29, 1.82) is 5.26 Å². The molecule has 2 amide bonds. The van der Waals surface area contributed by atoms with Gasteiger partial charge in [0.15, 0.2) is 6.10 Å². The molecule has 1 atom stereocenters. The second-order valence-corrected chi connectivity index (χ2v) is 7.57. The van der Waals surface area contributed by atoms with Crippen LogP contribution in [0.4, 0.5) is 5.69 Å². The van der Waals surface area contributed by atoms with Gasteiger partial charge < -0.3 is 20.1 Å². The van der Waals surface area contributed by atoms with E-state index >= 15 is 0 Å². The topological polar surface area (TPSA) is 104 Å². The molecule has 32 heavy (non-hydrogen) atoms. The Labute approximate surface area is 188 Å². The molecular formula is C24H28N4O4. The first-order chi connectivity index (χ1) is 15.5. The van der Waals surface area contributed by atoms with Crippen molar-refractivity contribution in [1.82, 2.24) is 10.2 Å². The van der Waals surface area contributed by atoms with Crippen LogP contribution in [0.15, 0.2) is 48.5 Å². The fourth-order valence-electron chi connectivity index (χ4n) is 3.30. The Bertz CT molecular complexity index is 966. The molecule has 1 saturated heterocycles. The maximum atomic E-state index is 12.4. The molecule has 0 spiro atoms. The van der Waals surface area contributed by atoms with Gasteiger partial charge in [0, 0.05) is 38.3 Å². The predicted molar refractivity (Wildman–Crippen MR) is 120 cm³/mol. The fraction of sp³-hybridized carbons (Fsp3) is 0.375. The first kappa shape index (κ1) is 23.3. The van der Waals surface area contributed by atoms with Crippen LogP contribution in [0, 0.1) is 11.3 Å². The van der Waals surface area contributed by atoms with Gasteiger partial charge in [0.25, 0.3) is 5.91 Å². The highest BCUT2D eigenvalue weighted by atomic mass is 16.5. The van der Waals surface area contributed by atoms with Crippen LogP contribution in [0.25, 0.3) is 0 Å². The Hall–Kier alpha value is -3.41. The Morgan fingerprint density at radius 1 is 1.19 bits per heavy atom. The lowest BCUT2D eigenvalue weighted by Crippen LogP contribution is -2.38. The number of benzene rings is 2. The molecular weight excluding hydrogens is 408 g/mol. The van der Waals surface area contributed by atoms with Gasteiger partial charge in [-0.3, -0.25) is 14.5 Å². The van der Waals surface area contributed by atoms with E-state index < -0.39 is 6.10 Å². The number of rotatable bonds is 9. The van der Waals surface area contributed by atoms with Gasteiger partial charge in [-0.25, -0.2) is 0 Å². The molecule has 1 aliphatic heterocycles. The molecule has 0 aliphatic carbocycles. The van der Waals surface area contributed by atoms with Crippen LogP contribution < -0.4 is 15.4 Å². The lowest BCUT2D eigenvalue weighted by Gasteiger charge is -2.26. The van der Waals surface area contributed by atoms with Gasteiger partial charge in [-0.1, -0.05) is 18.2 Å². The van der Waals surface area contributed by atoms with Crippen molar-refractivity contribution >= 4 is 17.5 Å². The Morgan fingerprint density at radius 3 is 2.75 bits per heavy atom. The molecule has 168 valence electrons. The summed E-state index contributed by atoms with van der Waals surface area (Å²) in [5, 5.41) is 14.7. The average Bonchev–Trinajstić information content (AvgIpc) is 2.82. The number of amides is 2. The summed E-state index contributed by atoms with van der Waals surface area (Å²) in [6, 6.07) is 16.1. The maximum Gasteiger partial charge on any atom is 0.261 e. The van der Waals surface area contributed by atoms with Gasteiger partial charge in [0.1, 0.15) is 5.75 Å². The molecule has 2 N–H and O–H groups in total. The van der Waals surface area contributed by atoms with E-state index in [1.165, 1.54) is 0 Å². The first-order valence-electron chi connectivity index (χ1n) is 10.7. The van der Waals surface area contributed by atoms with E-state index in [4.69, 9.17) is 14.7 Å². The predicted octanol–water partition coefficient (Wildman–Crippen LogP) is 2.30. The monoisotopic (exact) mass is 436 g/mol. The summed E-state index contributed by atoms with van der Waals surface area (Å²) in [6.07, 6.45) is -0.296. The number of carbonyl (C=O) groups is 2. The summed E-state index contributed by atoms with van der Waals surface area (Å²) >= 11 is 0. The molecule has 2 aromatic rings. The molecule has 8 heteroatoms. The Kier molecular flexibility index (Phi) is 8.61. The van der Waals surface area contributed by atoms with Crippen LogP contribution in [0.3, 0.4) is 0 Å². The first-order valence-corrected chi connectivity index (χ1v) is 10.7. The van der Waals surface area contributed by atoms with Crippen molar-refractivity contribution in [3.05, 3.63) is 59.7 Å². The molecule has 1 unspecified atom stereocenters. The van der Waals surface area contributed by atoms with Crippen molar-refractivity contribution in [2.45, 2.75) is 26.0 Å². The third-order valence-electron chi connectivity index (χ3n) is 5.08. The zero-order valence-electron chi connectivity index (χ0n) is 18.2. The van der Waals surface area contributed by atoms with Crippen molar-refractivity contribution in [3.63, 3.8) is 0 Å². The van der Waals surface area contributed by atoms with Gasteiger partial charge in [-0.05, 0) is 42.8 Å². The van der Waals surface area contributed by atoms with Crippen LogP contribution in [0.5, 0.6) is 5.75 Å². The molecule has 0 aromatic heterocycles. The number of ether oxygens (including phenoxy) is 2. The van der Waals surface area contributed by atoms with E-state index in [9.17, 15) is 9.59 Å². The minimum Gasteiger partial charge on any atom is -0.481 e. The van der Waals surface area contributed by atoms with Gasteiger partial charge in [0.05, 0.1) is 24.8 Å². The highest BCUT2D eigenvalue weighted by Crippen LogP contribution is 2.15.